The Hall–Kier alpha value is -3.28. The van der Waals surface area contributed by atoms with Gasteiger partial charge in [-0.3, -0.25) is 0 Å². The van der Waals surface area contributed by atoms with Crippen molar-refractivity contribution in [2.75, 3.05) is 11.9 Å². The Kier molecular flexibility index (Phi) is 9.35. The summed E-state index contributed by atoms with van der Waals surface area (Å²) < 4.78 is 8.16. The van der Waals surface area contributed by atoms with Crippen LogP contribution in [0, 0.1) is 5.41 Å². The van der Waals surface area contributed by atoms with E-state index in [4.69, 9.17) is 10.1 Å². The number of benzene rings is 2. The van der Waals surface area contributed by atoms with E-state index in [1.807, 2.05) is 51.1 Å². The average Bonchev–Trinajstić information content (AvgIpc) is 3.16. The van der Waals surface area contributed by atoms with Gasteiger partial charge in [-0.1, -0.05) is 39.8 Å². The molecule has 3 aromatic rings. The topological polar surface area (TPSA) is 79.1 Å². The summed E-state index contributed by atoms with van der Waals surface area (Å²) in [5, 5.41) is 15.2. The molecule has 35 heavy (non-hydrogen) atoms. The summed E-state index contributed by atoms with van der Waals surface area (Å²) in [6.07, 6.45) is 6.79. The van der Waals surface area contributed by atoms with Crippen molar-refractivity contribution in [3.8, 4) is 17.0 Å². The number of anilines is 1. The summed E-state index contributed by atoms with van der Waals surface area (Å²) in [5.74, 6) is 0.856. The minimum atomic E-state index is -0.177. The quantitative estimate of drug-likeness (QED) is 0.269. The van der Waals surface area contributed by atoms with Crippen molar-refractivity contribution in [2.24, 2.45) is 0 Å². The molecule has 0 spiro atoms. The van der Waals surface area contributed by atoms with Crippen LogP contribution in [0.15, 0.2) is 42.5 Å². The average molecular weight is 481 g/mol. The fourth-order valence-corrected chi connectivity index (χ4v) is 4.59. The van der Waals surface area contributed by atoms with Crippen LogP contribution < -0.4 is 15.4 Å². The van der Waals surface area contributed by atoms with Crippen LogP contribution in [0.1, 0.15) is 81.2 Å². The lowest BCUT2D eigenvalue weighted by atomic mass is 9.92. The Morgan fingerprint density at radius 3 is 2.37 bits per heavy atom. The number of nitrogens with zero attached hydrogens (tertiary/aromatic N) is 1. The molecule has 0 radical (unpaired) electrons. The number of fused-ring (bicyclic) bond motifs is 1. The molecule has 4 rings (SSSR count). The van der Waals surface area contributed by atoms with Crippen LogP contribution >= 0.6 is 0 Å². The third kappa shape index (κ3) is 5.69. The molecule has 1 fully saturated rings. The summed E-state index contributed by atoms with van der Waals surface area (Å²) in [4.78, 5) is 12.3. The Bertz CT molecular complexity index is 1140. The first-order valence-electron chi connectivity index (χ1n) is 13.1. The normalized spacial score (nSPS) is 13.1. The summed E-state index contributed by atoms with van der Waals surface area (Å²) in [5.41, 5.74) is 4.90. The van der Waals surface area contributed by atoms with Gasteiger partial charge in [-0.25, -0.2) is 4.79 Å². The number of hydrogen-bond donors (Lipinski definition) is 3. The van der Waals surface area contributed by atoms with Crippen molar-refractivity contribution in [3.05, 3.63) is 48.0 Å². The van der Waals surface area contributed by atoms with E-state index in [1.165, 1.54) is 12.6 Å². The van der Waals surface area contributed by atoms with Crippen molar-refractivity contribution in [1.29, 1.82) is 5.41 Å². The fourth-order valence-electron chi connectivity index (χ4n) is 4.59. The van der Waals surface area contributed by atoms with Crippen molar-refractivity contribution in [1.82, 2.24) is 9.88 Å². The van der Waals surface area contributed by atoms with Gasteiger partial charge in [0.2, 0.25) is 0 Å². The number of ether oxygens (including phenoxy) is 1. The SMILES string of the molecule is CC.CCOc1ccc2c(C=N)c(-c3ccc(NC(=O)NC(CC)CC)cc3)n(C3CCC3)c2c1.[HH].[HH]. The van der Waals surface area contributed by atoms with Gasteiger partial charge in [-0.2, -0.15) is 0 Å². The zero-order chi connectivity index (χ0) is 25.4. The molecule has 0 bridgehead atoms. The van der Waals surface area contributed by atoms with E-state index < -0.39 is 0 Å². The number of rotatable bonds is 9. The number of nitrogens with one attached hydrogen (secondary N) is 3. The molecule has 1 aromatic heterocycles. The van der Waals surface area contributed by atoms with E-state index in [9.17, 15) is 4.79 Å². The summed E-state index contributed by atoms with van der Waals surface area (Å²) >= 11 is 0. The van der Waals surface area contributed by atoms with E-state index in [0.29, 0.717) is 12.6 Å². The van der Waals surface area contributed by atoms with Gasteiger partial charge >= 0.3 is 6.03 Å². The number of hydrogen-bond acceptors (Lipinski definition) is 3. The van der Waals surface area contributed by atoms with E-state index in [-0.39, 0.29) is 14.9 Å². The molecule has 1 aliphatic rings. The molecule has 6 nitrogen and oxygen atoms in total. The molecular formula is C29H44N4O2. The van der Waals surface area contributed by atoms with E-state index in [1.54, 1.807) is 0 Å². The monoisotopic (exact) mass is 480 g/mol. The van der Waals surface area contributed by atoms with Crippen LogP contribution in [0.4, 0.5) is 10.5 Å². The second-order valence-corrected chi connectivity index (χ2v) is 8.66. The Labute approximate surface area is 212 Å². The molecule has 2 amide bonds. The van der Waals surface area contributed by atoms with Gasteiger partial charge in [0, 0.05) is 43.9 Å². The minimum absolute atomic E-state index is 0. The molecule has 0 unspecified atom stereocenters. The maximum atomic E-state index is 12.3. The second-order valence-electron chi connectivity index (χ2n) is 8.66. The van der Waals surface area contributed by atoms with Crippen LogP contribution in [0.5, 0.6) is 5.75 Å². The predicted octanol–water partition coefficient (Wildman–Crippen LogP) is 8.26. The van der Waals surface area contributed by atoms with Crippen molar-refractivity contribution >= 4 is 28.8 Å². The fraction of sp³-hybridized carbons (Fsp3) is 0.448. The maximum Gasteiger partial charge on any atom is 0.319 e. The van der Waals surface area contributed by atoms with Gasteiger partial charge < -0.3 is 25.3 Å². The smallest absolute Gasteiger partial charge is 0.319 e. The zero-order valence-electron chi connectivity index (χ0n) is 21.8. The third-order valence-corrected chi connectivity index (χ3v) is 6.65. The highest BCUT2D eigenvalue weighted by Crippen LogP contribution is 2.43. The number of aromatic nitrogens is 1. The standard InChI is InChI=1S/C27H34N4O2.C2H6.2H2/c1-4-19(5-2)29-27(32)30-20-12-10-18(11-13-20)26-24(17-28)23-15-14-22(33-6-3)16-25(23)31(26)21-8-7-9-21;1-2;;/h10-17,19,21,28H,4-9H2,1-3H3,(H2,29,30,32);1-2H3;2*1H. The molecule has 0 aliphatic heterocycles. The molecule has 1 saturated carbocycles. The van der Waals surface area contributed by atoms with E-state index >= 15 is 0 Å². The van der Waals surface area contributed by atoms with Gasteiger partial charge in [-0.15, -0.1) is 0 Å². The van der Waals surface area contributed by atoms with E-state index in [2.05, 4.69) is 41.2 Å². The molecule has 6 heteroatoms. The minimum Gasteiger partial charge on any atom is -0.494 e. The number of carbonyl (C=O) groups is 1. The Morgan fingerprint density at radius 2 is 1.83 bits per heavy atom. The van der Waals surface area contributed by atoms with Crippen molar-refractivity contribution in [2.45, 2.75) is 78.8 Å². The van der Waals surface area contributed by atoms with Crippen LogP contribution in [-0.2, 0) is 0 Å². The van der Waals surface area contributed by atoms with Gasteiger partial charge in [0.05, 0.1) is 17.8 Å². The number of carbonyl (C=O) groups excluding carboxylic acids is 1. The number of amides is 2. The lowest BCUT2D eigenvalue weighted by Crippen LogP contribution is -2.37. The van der Waals surface area contributed by atoms with Gasteiger partial charge in [-0.05, 0) is 68.9 Å². The van der Waals surface area contributed by atoms with Crippen molar-refractivity contribution in [3.63, 3.8) is 0 Å². The summed E-state index contributed by atoms with van der Waals surface area (Å²) in [7, 11) is 0. The zero-order valence-corrected chi connectivity index (χ0v) is 21.8. The highest BCUT2D eigenvalue weighted by atomic mass is 16.5. The summed E-state index contributed by atoms with van der Waals surface area (Å²) in [6.45, 7) is 10.8. The molecule has 1 heterocycles. The van der Waals surface area contributed by atoms with Crippen LogP contribution in [0.2, 0.25) is 0 Å². The van der Waals surface area contributed by atoms with Crippen molar-refractivity contribution < 1.29 is 12.4 Å². The maximum absolute atomic E-state index is 12.3. The van der Waals surface area contributed by atoms with E-state index in [0.717, 1.165) is 64.8 Å². The molecular weight excluding hydrogens is 436 g/mol. The first-order valence-corrected chi connectivity index (χ1v) is 13.1. The van der Waals surface area contributed by atoms with Crippen LogP contribution in [-0.4, -0.2) is 29.5 Å². The predicted molar refractivity (Wildman–Crippen MR) is 151 cm³/mol. The second kappa shape index (κ2) is 12.4. The molecule has 1 aliphatic carbocycles. The molecule has 2 aromatic carbocycles. The lowest BCUT2D eigenvalue weighted by Gasteiger charge is -2.30. The van der Waals surface area contributed by atoms with Gasteiger partial charge in [0.1, 0.15) is 5.75 Å². The molecule has 192 valence electrons. The summed E-state index contributed by atoms with van der Waals surface area (Å²) in [6, 6.07) is 14.5. The van der Waals surface area contributed by atoms with Gasteiger partial charge in [0.25, 0.3) is 0 Å². The van der Waals surface area contributed by atoms with Gasteiger partial charge in [0.15, 0.2) is 0 Å². The van der Waals surface area contributed by atoms with Crippen LogP contribution in [0.25, 0.3) is 22.2 Å². The lowest BCUT2D eigenvalue weighted by molar-refractivity contribution is 0.247. The molecule has 0 atom stereocenters. The first-order chi connectivity index (χ1) is 17.1. The highest BCUT2D eigenvalue weighted by molar-refractivity contribution is 6.06. The molecule has 0 saturated heterocycles. The van der Waals surface area contributed by atoms with Crippen LogP contribution in [0.3, 0.4) is 0 Å². The largest absolute Gasteiger partial charge is 0.494 e. The molecule has 3 N–H and O–H groups in total. The Balaban J connectivity index is 0.00000167. The number of urea groups is 1. The first kappa shape index (κ1) is 26.3. The Morgan fingerprint density at radius 1 is 1.14 bits per heavy atom. The third-order valence-electron chi connectivity index (χ3n) is 6.65. The highest BCUT2D eigenvalue weighted by Gasteiger charge is 2.27.